The van der Waals surface area contributed by atoms with Gasteiger partial charge in [0.25, 0.3) is 0 Å². The Labute approximate surface area is 129 Å². The highest BCUT2D eigenvalue weighted by molar-refractivity contribution is 6.02. The molecule has 0 spiro atoms. The number of amides is 1. The summed E-state index contributed by atoms with van der Waals surface area (Å²) in [6.45, 7) is 8.46. The van der Waals surface area contributed by atoms with Crippen molar-refractivity contribution < 1.29 is 9.18 Å². The fraction of sp³-hybridized carbons (Fsp3) is 0.294. The van der Waals surface area contributed by atoms with Gasteiger partial charge in [-0.05, 0) is 57.5 Å². The third-order valence-electron chi connectivity index (χ3n) is 3.58. The zero-order valence-electron chi connectivity index (χ0n) is 13.3. The van der Waals surface area contributed by atoms with Crippen molar-refractivity contribution in [3.05, 3.63) is 52.6 Å². The van der Waals surface area contributed by atoms with Crippen molar-refractivity contribution >= 4 is 17.7 Å². The van der Waals surface area contributed by atoms with E-state index in [-0.39, 0.29) is 11.7 Å². The number of nitrogens with one attached hydrogen (secondary N) is 1. The normalized spacial score (nSPS) is 11.1. The van der Waals surface area contributed by atoms with Crippen LogP contribution in [0.4, 0.5) is 10.1 Å². The van der Waals surface area contributed by atoms with Crippen LogP contribution in [0.15, 0.2) is 24.3 Å². The maximum atomic E-state index is 13.0. The molecule has 0 unspecified atom stereocenters. The van der Waals surface area contributed by atoms with Crippen LogP contribution in [-0.4, -0.2) is 15.7 Å². The SMILES string of the molecule is CCn1nc(C)c(C=CC(=O)Nc2ccc(F)cc2C)c1C. The van der Waals surface area contributed by atoms with E-state index < -0.39 is 0 Å². The summed E-state index contributed by atoms with van der Waals surface area (Å²) < 4.78 is 14.9. The number of anilines is 1. The van der Waals surface area contributed by atoms with Gasteiger partial charge in [-0.3, -0.25) is 9.48 Å². The molecule has 1 N–H and O–H groups in total. The second-order valence-corrected chi connectivity index (χ2v) is 5.18. The fourth-order valence-electron chi connectivity index (χ4n) is 2.36. The third-order valence-corrected chi connectivity index (χ3v) is 3.58. The first-order valence-corrected chi connectivity index (χ1v) is 7.21. The number of hydrogen-bond acceptors (Lipinski definition) is 2. The molecule has 22 heavy (non-hydrogen) atoms. The van der Waals surface area contributed by atoms with Crippen molar-refractivity contribution in [1.82, 2.24) is 9.78 Å². The summed E-state index contributed by atoms with van der Waals surface area (Å²) in [7, 11) is 0. The highest BCUT2D eigenvalue weighted by atomic mass is 19.1. The summed E-state index contributed by atoms with van der Waals surface area (Å²) in [6, 6.07) is 4.27. The largest absolute Gasteiger partial charge is 0.322 e. The number of rotatable bonds is 4. The van der Waals surface area contributed by atoms with Gasteiger partial charge in [0, 0.05) is 29.6 Å². The average molecular weight is 301 g/mol. The van der Waals surface area contributed by atoms with Gasteiger partial charge < -0.3 is 5.32 Å². The minimum atomic E-state index is -0.315. The summed E-state index contributed by atoms with van der Waals surface area (Å²) >= 11 is 0. The molecule has 0 radical (unpaired) electrons. The Kier molecular flexibility index (Phi) is 4.75. The van der Waals surface area contributed by atoms with Gasteiger partial charge in [-0.2, -0.15) is 5.10 Å². The summed E-state index contributed by atoms with van der Waals surface area (Å²) in [6.07, 6.45) is 3.23. The number of carbonyl (C=O) groups excluding carboxylic acids is 1. The number of halogens is 1. The molecule has 1 aromatic heterocycles. The van der Waals surface area contributed by atoms with Gasteiger partial charge in [0.2, 0.25) is 5.91 Å². The quantitative estimate of drug-likeness (QED) is 0.877. The van der Waals surface area contributed by atoms with E-state index >= 15 is 0 Å². The smallest absolute Gasteiger partial charge is 0.248 e. The van der Waals surface area contributed by atoms with Crippen LogP contribution >= 0.6 is 0 Å². The number of carbonyl (C=O) groups is 1. The minimum Gasteiger partial charge on any atom is -0.322 e. The number of benzene rings is 1. The van der Waals surface area contributed by atoms with E-state index in [1.807, 2.05) is 25.5 Å². The van der Waals surface area contributed by atoms with Gasteiger partial charge in [-0.1, -0.05) is 0 Å². The molecular weight excluding hydrogens is 281 g/mol. The number of aryl methyl sites for hydroxylation is 3. The molecule has 5 heteroatoms. The molecule has 4 nitrogen and oxygen atoms in total. The van der Waals surface area contributed by atoms with E-state index in [1.54, 1.807) is 19.1 Å². The first kappa shape index (κ1) is 15.9. The van der Waals surface area contributed by atoms with Crippen LogP contribution in [0.5, 0.6) is 0 Å². The van der Waals surface area contributed by atoms with Crippen LogP contribution in [0.25, 0.3) is 6.08 Å². The second kappa shape index (κ2) is 6.56. The lowest BCUT2D eigenvalue weighted by Gasteiger charge is -2.06. The lowest BCUT2D eigenvalue weighted by Crippen LogP contribution is -2.09. The summed E-state index contributed by atoms with van der Waals surface area (Å²) in [5.41, 5.74) is 4.16. The molecular formula is C17H20FN3O. The molecule has 0 aliphatic rings. The number of nitrogens with zero attached hydrogens (tertiary/aromatic N) is 2. The van der Waals surface area contributed by atoms with Crippen molar-refractivity contribution in [2.24, 2.45) is 0 Å². The molecule has 0 aliphatic heterocycles. The van der Waals surface area contributed by atoms with Crippen LogP contribution in [0, 0.1) is 26.6 Å². The molecule has 1 aromatic carbocycles. The third kappa shape index (κ3) is 3.42. The summed E-state index contributed by atoms with van der Waals surface area (Å²) in [5.74, 6) is -0.568. The van der Waals surface area contributed by atoms with Crippen LogP contribution in [-0.2, 0) is 11.3 Å². The van der Waals surface area contributed by atoms with Gasteiger partial charge >= 0.3 is 0 Å². The molecule has 1 amide bonds. The fourth-order valence-corrected chi connectivity index (χ4v) is 2.36. The monoisotopic (exact) mass is 301 g/mol. The zero-order valence-corrected chi connectivity index (χ0v) is 13.3. The standard InChI is InChI=1S/C17H20FN3O/c1-5-21-13(4)15(12(3)20-21)7-9-17(22)19-16-8-6-14(18)10-11(16)2/h6-10H,5H2,1-4H3,(H,19,22). The van der Waals surface area contributed by atoms with Crippen LogP contribution < -0.4 is 5.32 Å². The maximum absolute atomic E-state index is 13.0. The summed E-state index contributed by atoms with van der Waals surface area (Å²) in [4.78, 5) is 12.0. The Morgan fingerprint density at radius 3 is 2.68 bits per heavy atom. The molecule has 0 bridgehead atoms. The maximum Gasteiger partial charge on any atom is 0.248 e. The Bertz CT molecular complexity index is 732. The molecule has 2 aromatic rings. The Hall–Kier alpha value is -2.43. The number of hydrogen-bond donors (Lipinski definition) is 1. The first-order valence-electron chi connectivity index (χ1n) is 7.21. The van der Waals surface area contributed by atoms with Crippen LogP contribution in [0.3, 0.4) is 0 Å². The highest BCUT2D eigenvalue weighted by Gasteiger charge is 2.08. The summed E-state index contributed by atoms with van der Waals surface area (Å²) in [5, 5.41) is 7.15. The molecule has 0 atom stereocenters. The molecule has 2 rings (SSSR count). The minimum absolute atomic E-state index is 0.252. The van der Waals surface area contributed by atoms with E-state index in [1.165, 1.54) is 18.2 Å². The van der Waals surface area contributed by atoms with Gasteiger partial charge in [0.15, 0.2) is 0 Å². The van der Waals surface area contributed by atoms with Crippen molar-refractivity contribution in [3.63, 3.8) is 0 Å². The highest BCUT2D eigenvalue weighted by Crippen LogP contribution is 2.17. The zero-order chi connectivity index (χ0) is 16.3. The topological polar surface area (TPSA) is 46.9 Å². The van der Waals surface area contributed by atoms with Gasteiger partial charge in [-0.15, -0.1) is 0 Å². The lowest BCUT2D eigenvalue weighted by molar-refractivity contribution is -0.111. The van der Waals surface area contributed by atoms with E-state index in [9.17, 15) is 9.18 Å². The number of aromatic nitrogens is 2. The van der Waals surface area contributed by atoms with Gasteiger partial charge in [0.05, 0.1) is 5.69 Å². The van der Waals surface area contributed by atoms with Gasteiger partial charge in [0.1, 0.15) is 5.82 Å². The van der Waals surface area contributed by atoms with Crippen molar-refractivity contribution in [2.45, 2.75) is 34.2 Å². The molecule has 116 valence electrons. The molecule has 0 aliphatic carbocycles. The van der Waals surface area contributed by atoms with E-state index in [2.05, 4.69) is 10.4 Å². The molecule has 0 saturated carbocycles. The predicted molar refractivity (Wildman–Crippen MR) is 86.2 cm³/mol. The van der Waals surface area contributed by atoms with Crippen molar-refractivity contribution in [1.29, 1.82) is 0 Å². The Morgan fingerprint density at radius 2 is 2.09 bits per heavy atom. The molecule has 0 fully saturated rings. The first-order chi connectivity index (χ1) is 10.4. The Balaban J connectivity index is 2.13. The van der Waals surface area contributed by atoms with Crippen LogP contribution in [0.2, 0.25) is 0 Å². The Morgan fingerprint density at radius 1 is 1.36 bits per heavy atom. The predicted octanol–water partition coefficient (Wildman–Crippen LogP) is 3.62. The van der Waals surface area contributed by atoms with Crippen molar-refractivity contribution in [3.8, 4) is 0 Å². The van der Waals surface area contributed by atoms with E-state index in [0.29, 0.717) is 11.3 Å². The molecule has 0 saturated heterocycles. The molecule has 1 heterocycles. The second-order valence-electron chi connectivity index (χ2n) is 5.18. The van der Waals surface area contributed by atoms with Crippen molar-refractivity contribution in [2.75, 3.05) is 5.32 Å². The van der Waals surface area contributed by atoms with E-state index in [0.717, 1.165) is 23.5 Å². The van der Waals surface area contributed by atoms with E-state index in [4.69, 9.17) is 0 Å². The van der Waals surface area contributed by atoms with Crippen LogP contribution in [0.1, 0.15) is 29.4 Å². The lowest BCUT2D eigenvalue weighted by atomic mass is 10.1. The van der Waals surface area contributed by atoms with Gasteiger partial charge in [-0.25, -0.2) is 4.39 Å². The average Bonchev–Trinajstić information content (AvgIpc) is 2.74.